The van der Waals surface area contributed by atoms with Crippen molar-refractivity contribution in [2.24, 2.45) is 16.9 Å². The number of rotatable bonds is 3. The molecule has 1 aliphatic heterocycles. The van der Waals surface area contributed by atoms with Gasteiger partial charge in [-0.1, -0.05) is 12.2 Å². The van der Waals surface area contributed by atoms with Crippen molar-refractivity contribution in [1.82, 2.24) is 4.98 Å². The minimum atomic E-state index is -0.515. The number of hydrogen-bond acceptors (Lipinski definition) is 4. The molecule has 1 fully saturated rings. The molecular formula is C13H18N4OS. The highest BCUT2D eigenvalue weighted by molar-refractivity contribution is 7.80. The molecule has 0 aromatic carbocycles. The van der Waals surface area contributed by atoms with Crippen molar-refractivity contribution >= 4 is 28.9 Å². The summed E-state index contributed by atoms with van der Waals surface area (Å²) in [4.78, 5) is 18.4. The van der Waals surface area contributed by atoms with Gasteiger partial charge in [-0.2, -0.15) is 0 Å². The fourth-order valence-electron chi connectivity index (χ4n) is 2.32. The zero-order valence-electron chi connectivity index (χ0n) is 11.1. The maximum Gasteiger partial charge on any atom is 0.225 e. The third-order valence-corrected chi connectivity index (χ3v) is 3.87. The van der Waals surface area contributed by atoms with E-state index < -0.39 is 5.41 Å². The van der Waals surface area contributed by atoms with Crippen LogP contribution in [0.4, 0.5) is 5.82 Å². The normalized spacial score (nSPS) is 22.5. The van der Waals surface area contributed by atoms with E-state index in [1.165, 1.54) is 0 Å². The average Bonchev–Trinajstić information content (AvgIpc) is 2.73. The molecule has 0 bridgehead atoms. The van der Waals surface area contributed by atoms with Crippen LogP contribution in [0.1, 0.15) is 24.6 Å². The van der Waals surface area contributed by atoms with Crippen LogP contribution >= 0.6 is 12.2 Å². The summed E-state index contributed by atoms with van der Waals surface area (Å²) < 4.78 is 0. The van der Waals surface area contributed by atoms with E-state index in [1.54, 1.807) is 0 Å². The number of carbonyl (C=O) groups excluding carboxylic acids is 1. The predicted octanol–water partition coefficient (Wildman–Crippen LogP) is 0.726. The summed E-state index contributed by atoms with van der Waals surface area (Å²) in [7, 11) is 0. The SMILES string of the molecule is Cc1ccc(C(N)=S)c(N2CCC(C)(C(N)=O)C2)n1. The molecule has 1 saturated heterocycles. The number of pyridine rings is 1. The lowest BCUT2D eigenvalue weighted by molar-refractivity contribution is -0.125. The number of amides is 1. The van der Waals surface area contributed by atoms with Crippen molar-refractivity contribution in [3.05, 3.63) is 23.4 Å². The van der Waals surface area contributed by atoms with Gasteiger partial charge in [0.15, 0.2) is 0 Å². The lowest BCUT2D eigenvalue weighted by Gasteiger charge is -2.23. The highest BCUT2D eigenvalue weighted by Gasteiger charge is 2.40. The molecule has 1 amide bonds. The molecule has 19 heavy (non-hydrogen) atoms. The summed E-state index contributed by atoms with van der Waals surface area (Å²) >= 11 is 5.06. The molecular weight excluding hydrogens is 260 g/mol. The molecule has 4 N–H and O–H groups in total. The number of hydrogen-bond donors (Lipinski definition) is 2. The lowest BCUT2D eigenvalue weighted by atomic mass is 9.89. The van der Waals surface area contributed by atoms with Gasteiger partial charge in [0.1, 0.15) is 10.8 Å². The van der Waals surface area contributed by atoms with Crippen LogP contribution in [0.5, 0.6) is 0 Å². The second kappa shape index (κ2) is 4.77. The molecule has 2 rings (SSSR count). The zero-order chi connectivity index (χ0) is 14.2. The lowest BCUT2D eigenvalue weighted by Crippen LogP contribution is -2.37. The molecule has 0 spiro atoms. The average molecular weight is 278 g/mol. The first-order chi connectivity index (χ1) is 8.83. The maximum absolute atomic E-state index is 11.5. The smallest absolute Gasteiger partial charge is 0.225 e. The molecule has 2 heterocycles. The minimum absolute atomic E-state index is 0.278. The highest BCUT2D eigenvalue weighted by Crippen LogP contribution is 2.33. The topological polar surface area (TPSA) is 85.2 Å². The summed E-state index contributed by atoms with van der Waals surface area (Å²) in [5.74, 6) is 0.469. The zero-order valence-corrected chi connectivity index (χ0v) is 12.0. The quantitative estimate of drug-likeness (QED) is 0.796. The molecule has 0 aliphatic carbocycles. The second-order valence-electron chi connectivity index (χ2n) is 5.28. The van der Waals surface area contributed by atoms with E-state index in [0.717, 1.165) is 23.6 Å². The Labute approximate surface area is 118 Å². The highest BCUT2D eigenvalue weighted by atomic mass is 32.1. The van der Waals surface area contributed by atoms with E-state index in [9.17, 15) is 4.79 Å². The van der Waals surface area contributed by atoms with E-state index in [2.05, 4.69) is 4.98 Å². The Morgan fingerprint density at radius 1 is 1.47 bits per heavy atom. The maximum atomic E-state index is 11.5. The molecule has 102 valence electrons. The molecule has 1 unspecified atom stereocenters. The van der Waals surface area contributed by atoms with Crippen LogP contribution in [0, 0.1) is 12.3 Å². The Hall–Kier alpha value is -1.69. The third-order valence-electron chi connectivity index (χ3n) is 3.65. The number of nitrogens with zero attached hydrogens (tertiary/aromatic N) is 2. The summed E-state index contributed by atoms with van der Waals surface area (Å²) in [6.45, 7) is 5.07. The third kappa shape index (κ3) is 2.53. The number of primary amides is 1. The number of nitrogens with two attached hydrogens (primary N) is 2. The van der Waals surface area contributed by atoms with Crippen molar-refractivity contribution in [1.29, 1.82) is 0 Å². The monoisotopic (exact) mass is 278 g/mol. The van der Waals surface area contributed by atoms with Gasteiger partial charge in [-0.25, -0.2) is 4.98 Å². The minimum Gasteiger partial charge on any atom is -0.389 e. The van der Waals surface area contributed by atoms with Gasteiger partial charge >= 0.3 is 0 Å². The molecule has 0 saturated carbocycles. The van der Waals surface area contributed by atoms with Crippen LogP contribution in [-0.4, -0.2) is 29.0 Å². The number of carbonyl (C=O) groups is 1. The largest absolute Gasteiger partial charge is 0.389 e. The summed E-state index contributed by atoms with van der Waals surface area (Å²) in [6, 6.07) is 3.75. The Kier molecular flexibility index (Phi) is 3.45. The van der Waals surface area contributed by atoms with Crippen molar-refractivity contribution in [2.75, 3.05) is 18.0 Å². The van der Waals surface area contributed by atoms with E-state index in [4.69, 9.17) is 23.7 Å². The first-order valence-corrected chi connectivity index (χ1v) is 6.56. The van der Waals surface area contributed by atoms with Gasteiger partial charge in [0.2, 0.25) is 5.91 Å². The standard InChI is InChI=1S/C13H18N4OS/c1-8-3-4-9(10(14)19)11(16-8)17-6-5-13(2,7-17)12(15)18/h3-4H,5-7H2,1-2H3,(H2,14,19)(H2,15,18). The fraction of sp³-hybridized carbons (Fsp3) is 0.462. The summed E-state index contributed by atoms with van der Waals surface area (Å²) in [5.41, 5.74) is 12.3. The molecule has 1 aromatic heterocycles. The van der Waals surface area contributed by atoms with Gasteiger partial charge in [-0.3, -0.25) is 4.79 Å². The Balaban J connectivity index is 2.36. The molecule has 0 radical (unpaired) electrons. The fourth-order valence-corrected chi connectivity index (χ4v) is 2.48. The first kappa shape index (κ1) is 13.7. The van der Waals surface area contributed by atoms with Gasteiger partial charge in [-0.05, 0) is 32.4 Å². The van der Waals surface area contributed by atoms with Crippen molar-refractivity contribution < 1.29 is 4.79 Å². The number of aryl methyl sites for hydroxylation is 1. The number of thiocarbonyl (C=S) groups is 1. The molecule has 6 heteroatoms. The number of anilines is 1. The van der Waals surface area contributed by atoms with Crippen LogP contribution in [0.3, 0.4) is 0 Å². The van der Waals surface area contributed by atoms with Gasteiger partial charge in [0, 0.05) is 18.8 Å². The Bertz CT molecular complexity index is 545. The molecule has 5 nitrogen and oxygen atoms in total. The predicted molar refractivity (Wildman–Crippen MR) is 79.0 cm³/mol. The van der Waals surface area contributed by atoms with E-state index in [1.807, 2.05) is 30.9 Å². The first-order valence-electron chi connectivity index (χ1n) is 6.16. The summed E-state index contributed by atoms with van der Waals surface area (Å²) in [6.07, 6.45) is 0.717. The van der Waals surface area contributed by atoms with E-state index in [-0.39, 0.29) is 5.91 Å². The summed E-state index contributed by atoms with van der Waals surface area (Å²) in [5, 5.41) is 0. The van der Waals surface area contributed by atoms with Gasteiger partial charge in [-0.15, -0.1) is 0 Å². The van der Waals surface area contributed by atoms with Crippen molar-refractivity contribution in [2.45, 2.75) is 20.3 Å². The van der Waals surface area contributed by atoms with Gasteiger partial charge < -0.3 is 16.4 Å². The Morgan fingerprint density at radius 2 is 2.16 bits per heavy atom. The van der Waals surface area contributed by atoms with Crippen LogP contribution in [-0.2, 0) is 4.79 Å². The van der Waals surface area contributed by atoms with Crippen LogP contribution in [0.15, 0.2) is 12.1 Å². The van der Waals surface area contributed by atoms with Crippen LogP contribution in [0.2, 0.25) is 0 Å². The Morgan fingerprint density at radius 3 is 2.68 bits per heavy atom. The van der Waals surface area contributed by atoms with Crippen molar-refractivity contribution in [3.63, 3.8) is 0 Å². The van der Waals surface area contributed by atoms with Crippen LogP contribution in [0.25, 0.3) is 0 Å². The van der Waals surface area contributed by atoms with Crippen molar-refractivity contribution in [3.8, 4) is 0 Å². The molecule has 1 aromatic rings. The van der Waals surface area contributed by atoms with E-state index >= 15 is 0 Å². The number of aromatic nitrogens is 1. The van der Waals surface area contributed by atoms with Gasteiger partial charge in [0.25, 0.3) is 0 Å². The van der Waals surface area contributed by atoms with Crippen LogP contribution < -0.4 is 16.4 Å². The van der Waals surface area contributed by atoms with E-state index in [0.29, 0.717) is 18.0 Å². The molecule has 1 aliphatic rings. The molecule has 1 atom stereocenters. The second-order valence-corrected chi connectivity index (χ2v) is 5.72. The van der Waals surface area contributed by atoms with Gasteiger partial charge in [0.05, 0.1) is 11.0 Å².